The number of aryl methyl sites for hydroxylation is 1. The number of methoxy groups -OCH3 is 1. The highest BCUT2D eigenvalue weighted by Crippen LogP contribution is 2.25. The highest BCUT2D eigenvalue weighted by atomic mass is 16.5. The van der Waals surface area contributed by atoms with Gasteiger partial charge in [0.05, 0.1) is 12.8 Å². The van der Waals surface area contributed by atoms with Crippen molar-refractivity contribution >= 4 is 11.6 Å². The fourth-order valence-electron chi connectivity index (χ4n) is 1.70. The number of carbonyl (C=O) groups excluding carboxylic acids is 1. The molecule has 0 bridgehead atoms. The van der Waals surface area contributed by atoms with Crippen molar-refractivity contribution in [2.45, 2.75) is 6.92 Å². The standard InChI is InChI=1S/C15H15NO2/c1-11-8-9-14(18-2)13(10-11)16-15(17)12-6-4-3-5-7-12/h3-10H,1-2H3,(H,16,17). The molecule has 0 radical (unpaired) electrons. The molecule has 0 aliphatic rings. The van der Waals surface area contributed by atoms with Gasteiger partial charge in [-0.25, -0.2) is 0 Å². The molecule has 0 spiro atoms. The van der Waals surface area contributed by atoms with Gasteiger partial charge in [-0.3, -0.25) is 4.79 Å². The molecule has 0 aliphatic carbocycles. The minimum atomic E-state index is -0.139. The number of amides is 1. The first-order valence-corrected chi connectivity index (χ1v) is 5.72. The lowest BCUT2D eigenvalue weighted by molar-refractivity contribution is 0.102. The van der Waals surface area contributed by atoms with E-state index >= 15 is 0 Å². The van der Waals surface area contributed by atoms with E-state index in [1.807, 2.05) is 43.3 Å². The first-order valence-electron chi connectivity index (χ1n) is 5.72. The predicted molar refractivity (Wildman–Crippen MR) is 72.1 cm³/mol. The normalized spacial score (nSPS) is 9.89. The Morgan fingerprint density at radius 2 is 1.83 bits per heavy atom. The molecular weight excluding hydrogens is 226 g/mol. The van der Waals surface area contributed by atoms with Gasteiger partial charge in [0.15, 0.2) is 0 Å². The molecule has 0 atom stereocenters. The van der Waals surface area contributed by atoms with Gasteiger partial charge in [0.2, 0.25) is 0 Å². The van der Waals surface area contributed by atoms with Crippen LogP contribution in [-0.4, -0.2) is 13.0 Å². The van der Waals surface area contributed by atoms with Crippen molar-refractivity contribution in [2.75, 3.05) is 12.4 Å². The van der Waals surface area contributed by atoms with Crippen LogP contribution in [0.3, 0.4) is 0 Å². The predicted octanol–water partition coefficient (Wildman–Crippen LogP) is 3.26. The van der Waals surface area contributed by atoms with E-state index in [1.54, 1.807) is 19.2 Å². The Bertz CT molecular complexity index is 550. The third kappa shape index (κ3) is 2.69. The van der Waals surface area contributed by atoms with Crippen LogP contribution in [0.15, 0.2) is 48.5 Å². The zero-order valence-corrected chi connectivity index (χ0v) is 10.4. The summed E-state index contributed by atoms with van der Waals surface area (Å²) in [5.74, 6) is 0.518. The number of hydrogen-bond acceptors (Lipinski definition) is 2. The molecule has 18 heavy (non-hydrogen) atoms. The summed E-state index contributed by atoms with van der Waals surface area (Å²) in [7, 11) is 1.59. The van der Waals surface area contributed by atoms with Gasteiger partial charge in [-0.15, -0.1) is 0 Å². The van der Waals surface area contributed by atoms with Crippen molar-refractivity contribution in [3.63, 3.8) is 0 Å². The number of rotatable bonds is 3. The lowest BCUT2D eigenvalue weighted by Crippen LogP contribution is -2.12. The maximum absolute atomic E-state index is 12.0. The van der Waals surface area contributed by atoms with Gasteiger partial charge in [0, 0.05) is 5.56 Å². The second-order valence-corrected chi connectivity index (χ2v) is 4.02. The minimum absolute atomic E-state index is 0.139. The maximum atomic E-state index is 12.0. The number of benzene rings is 2. The molecule has 3 heteroatoms. The molecule has 0 aliphatic heterocycles. The summed E-state index contributed by atoms with van der Waals surface area (Å²) in [6.45, 7) is 1.97. The largest absolute Gasteiger partial charge is 0.495 e. The van der Waals surface area contributed by atoms with Crippen LogP contribution in [0.4, 0.5) is 5.69 Å². The van der Waals surface area contributed by atoms with Crippen LogP contribution in [0.25, 0.3) is 0 Å². The van der Waals surface area contributed by atoms with Crippen molar-refractivity contribution in [1.82, 2.24) is 0 Å². The van der Waals surface area contributed by atoms with E-state index in [9.17, 15) is 4.79 Å². The van der Waals surface area contributed by atoms with Crippen molar-refractivity contribution in [3.05, 3.63) is 59.7 Å². The van der Waals surface area contributed by atoms with E-state index in [4.69, 9.17) is 4.74 Å². The molecule has 1 N–H and O–H groups in total. The Balaban J connectivity index is 2.24. The highest BCUT2D eigenvalue weighted by Gasteiger charge is 2.09. The van der Waals surface area contributed by atoms with Gasteiger partial charge in [0.1, 0.15) is 5.75 Å². The molecule has 0 unspecified atom stereocenters. The number of nitrogens with one attached hydrogen (secondary N) is 1. The molecule has 2 aromatic rings. The molecule has 1 amide bonds. The summed E-state index contributed by atoms with van der Waals surface area (Å²) >= 11 is 0. The maximum Gasteiger partial charge on any atom is 0.255 e. The van der Waals surface area contributed by atoms with E-state index in [0.717, 1.165) is 5.56 Å². The SMILES string of the molecule is COc1ccc(C)cc1NC(=O)c1ccccc1. The monoisotopic (exact) mass is 241 g/mol. The van der Waals surface area contributed by atoms with Gasteiger partial charge in [-0.1, -0.05) is 24.3 Å². The quantitative estimate of drug-likeness (QED) is 0.895. The van der Waals surface area contributed by atoms with E-state index < -0.39 is 0 Å². The van der Waals surface area contributed by atoms with E-state index in [1.165, 1.54) is 0 Å². The Labute approximate surface area is 106 Å². The van der Waals surface area contributed by atoms with Crippen molar-refractivity contribution in [2.24, 2.45) is 0 Å². The second-order valence-electron chi connectivity index (χ2n) is 4.02. The van der Waals surface area contributed by atoms with Gasteiger partial charge >= 0.3 is 0 Å². The Kier molecular flexibility index (Phi) is 3.63. The lowest BCUT2D eigenvalue weighted by atomic mass is 10.1. The smallest absolute Gasteiger partial charge is 0.255 e. The molecule has 0 heterocycles. The van der Waals surface area contributed by atoms with Gasteiger partial charge in [0.25, 0.3) is 5.91 Å². The fourth-order valence-corrected chi connectivity index (χ4v) is 1.70. The minimum Gasteiger partial charge on any atom is -0.495 e. The van der Waals surface area contributed by atoms with E-state index in [2.05, 4.69) is 5.32 Å². The summed E-state index contributed by atoms with van der Waals surface area (Å²) in [4.78, 5) is 12.0. The Hall–Kier alpha value is -2.29. The van der Waals surface area contributed by atoms with Crippen molar-refractivity contribution < 1.29 is 9.53 Å². The molecule has 2 rings (SSSR count). The summed E-state index contributed by atoms with van der Waals surface area (Å²) in [6, 6.07) is 14.8. The van der Waals surface area contributed by atoms with E-state index in [0.29, 0.717) is 17.0 Å². The zero-order chi connectivity index (χ0) is 13.0. The average molecular weight is 241 g/mol. The average Bonchev–Trinajstić information content (AvgIpc) is 2.40. The van der Waals surface area contributed by atoms with Crippen LogP contribution in [0.1, 0.15) is 15.9 Å². The van der Waals surface area contributed by atoms with Crippen LogP contribution >= 0.6 is 0 Å². The summed E-state index contributed by atoms with van der Waals surface area (Å²) in [5.41, 5.74) is 2.38. The fraction of sp³-hybridized carbons (Fsp3) is 0.133. The molecule has 2 aromatic carbocycles. The summed E-state index contributed by atoms with van der Waals surface area (Å²) < 4.78 is 5.22. The molecule has 0 saturated heterocycles. The van der Waals surface area contributed by atoms with Gasteiger partial charge in [-0.05, 0) is 36.8 Å². The summed E-state index contributed by atoms with van der Waals surface area (Å²) in [5, 5.41) is 2.85. The molecule has 0 fully saturated rings. The molecule has 92 valence electrons. The molecular formula is C15H15NO2. The second kappa shape index (κ2) is 5.36. The first kappa shape index (κ1) is 12.2. The van der Waals surface area contributed by atoms with Crippen LogP contribution < -0.4 is 10.1 Å². The zero-order valence-electron chi connectivity index (χ0n) is 10.4. The van der Waals surface area contributed by atoms with E-state index in [-0.39, 0.29) is 5.91 Å². The third-order valence-electron chi connectivity index (χ3n) is 2.64. The van der Waals surface area contributed by atoms with Crippen molar-refractivity contribution in [1.29, 1.82) is 0 Å². The Morgan fingerprint density at radius 1 is 1.11 bits per heavy atom. The van der Waals surface area contributed by atoms with Gasteiger partial charge in [-0.2, -0.15) is 0 Å². The number of carbonyl (C=O) groups is 1. The van der Waals surface area contributed by atoms with Gasteiger partial charge < -0.3 is 10.1 Å². The molecule has 0 saturated carbocycles. The third-order valence-corrected chi connectivity index (χ3v) is 2.64. The molecule has 3 nitrogen and oxygen atoms in total. The van der Waals surface area contributed by atoms with Crippen molar-refractivity contribution in [3.8, 4) is 5.75 Å². The van der Waals surface area contributed by atoms with Crippen LogP contribution in [0.2, 0.25) is 0 Å². The Morgan fingerprint density at radius 3 is 2.50 bits per heavy atom. The number of anilines is 1. The summed E-state index contributed by atoms with van der Waals surface area (Å²) in [6.07, 6.45) is 0. The van der Waals surface area contributed by atoms with Crippen LogP contribution in [0, 0.1) is 6.92 Å². The highest BCUT2D eigenvalue weighted by molar-refractivity contribution is 6.05. The number of ether oxygens (including phenoxy) is 1. The number of hydrogen-bond donors (Lipinski definition) is 1. The lowest BCUT2D eigenvalue weighted by Gasteiger charge is -2.10. The topological polar surface area (TPSA) is 38.3 Å². The van der Waals surface area contributed by atoms with Crippen LogP contribution in [-0.2, 0) is 0 Å². The van der Waals surface area contributed by atoms with Crippen LogP contribution in [0.5, 0.6) is 5.75 Å². The first-order chi connectivity index (χ1) is 8.70. The molecule has 0 aromatic heterocycles.